The summed E-state index contributed by atoms with van der Waals surface area (Å²) in [5, 5.41) is -0.0175. The first kappa shape index (κ1) is 16.4. The molecule has 0 saturated heterocycles. The van der Waals surface area contributed by atoms with Gasteiger partial charge in [-0.05, 0) is 30.7 Å². The summed E-state index contributed by atoms with van der Waals surface area (Å²) in [4.78, 5) is 23.7. The number of hydrogen-bond acceptors (Lipinski definition) is 5. The standard InChI is InChI=1S/C15H11F3N4OS/c1-9-3-5-22-12(6-9)20-10(7-13(22)23)8-24-14-19-4-2-11(21-14)15(16,17)18/h2-7H,8H2,1H3. The second kappa shape index (κ2) is 6.23. The zero-order valence-electron chi connectivity index (χ0n) is 12.4. The predicted octanol–water partition coefficient (Wildman–Crippen LogP) is 3.10. The molecule has 124 valence electrons. The summed E-state index contributed by atoms with van der Waals surface area (Å²) in [6.45, 7) is 1.88. The fourth-order valence-corrected chi connectivity index (χ4v) is 2.76. The maximum atomic E-state index is 12.6. The number of pyridine rings is 1. The highest BCUT2D eigenvalue weighted by atomic mass is 32.2. The highest BCUT2D eigenvalue weighted by molar-refractivity contribution is 7.98. The molecule has 0 radical (unpaired) electrons. The third-order valence-electron chi connectivity index (χ3n) is 3.15. The van der Waals surface area contributed by atoms with Crippen molar-refractivity contribution in [3.05, 3.63) is 64.0 Å². The molecule has 0 N–H and O–H groups in total. The largest absolute Gasteiger partial charge is 0.433 e. The monoisotopic (exact) mass is 352 g/mol. The molecule has 0 aliphatic rings. The average molecular weight is 352 g/mol. The van der Waals surface area contributed by atoms with Crippen LogP contribution in [0.1, 0.15) is 17.0 Å². The topological polar surface area (TPSA) is 60.2 Å². The fraction of sp³-hybridized carbons (Fsp3) is 0.200. The van der Waals surface area contributed by atoms with E-state index in [-0.39, 0.29) is 16.5 Å². The molecule has 3 heterocycles. The van der Waals surface area contributed by atoms with Crippen molar-refractivity contribution in [1.29, 1.82) is 0 Å². The van der Waals surface area contributed by atoms with E-state index in [0.29, 0.717) is 11.3 Å². The van der Waals surface area contributed by atoms with Crippen molar-refractivity contribution in [2.24, 2.45) is 0 Å². The van der Waals surface area contributed by atoms with Crippen LogP contribution in [-0.2, 0) is 11.9 Å². The van der Waals surface area contributed by atoms with Gasteiger partial charge in [0.2, 0.25) is 0 Å². The molecular formula is C15H11F3N4OS. The first-order chi connectivity index (χ1) is 11.3. The molecule has 0 aliphatic carbocycles. The molecule has 3 aromatic rings. The van der Waals surface area contributed by atoms with E-state index in [1.54, 1.807) is 18.3 Å². The minimum atomic E-state index is -4.52. The lowest BCUT2D eigenvalue weighted by atomic mass is 10.3. The van der Waals surface area contributed by atoms with Crippen LogP contribution >= 0.6 is 11.8 Å². The van der Waals surface area contributed by atoms with Gasteiger partial charge in [-0.3, -0.25) is 9.20 Å². The zero-order valence-corrected chi connectivity index (χ0v) is 13.2. The van der Waals surface area contributed by atoms with E-state index < -0.39 is 11.9 Å². The van der Waals surface area contributed by atoms with Crippen LogP contribution in [0.15, 0.2) is 46.6 Å². The first-order valence-electron chi connectivity index (χ1n) is 6.85. The summed E-state index contributed by atoms with van der Waals surface area (Å²) in [6.07, 6.45) is -1.83. The third-order valence-corrected chi connectivity index (χ3v) is 4.04. The lowest BCUT2D eigenvalue weighted by Gasteiger charge is -2.07. The van der Waals surface area contributed by atoms with Crippen molar-refractivity contribution < 1.29 is 13.2 Å². The summed E-state index contributed by atoms with van der Waals surface area (Å²) in [6, 6.07) is 5.72. The first-order valence-corrected chi connectivity index (χ1v) is 7.83. The molecule has 0 aromatic carbocycles. The molecule has 0 saturated carbocycles. The van der Waals surface area contributed by atoms with Gasteiger partial charge in [-0.15, -0.1) is 0 Å². The molecule has 0 bridgehead atoms. The molecule has 0 amide bonds. The number of fused-ring (bicyclic) bond motifs is 1. The summed E-state index contributed by atoms with van der Waals surface area (Å²) in [7, 11) is 0. The van der Waals surface area contributed by atoms with E-state index >= 15 is 0 Å². The highest BCUT2D eigenvalue weighted by Gasteiger charge is 2.32. The number of nitrogens with zero attached hydrogens (tertiary/aromatic N) is 4. The Morgan fingerprint density at radius 1 is 1.21 bits per heavy atom. The van der Waals surface area contributed by atoms with Crippen LogP contribution in [0.3, 0.4) is 0 Å². The van der Waals surface area contributed by atoms with Gasteiger partial charge in [0.1, 0.15) is 11.3 Å². The van der Waals surface area contributed by atoms with Gasteiger partial charge in [0.15, 0.2) is 5.16 Å². The van der Waals surface area contributed by atoms with E-state index in [1.807, 2.05) is 6.92 Å². The Morgan fingerprint density at radius 3 is 2.75 bits per heavy atom. The quantitative estimate of drug-likeness (QED) is 0.535. The molecule has 5 nitrogen and oxygen atoms in total. The molecule has 0 atom stereocenters. The smallest absolute Gasteiger partial charge is 0.269 e. The average Bonchev–Trinajstić information content (AvgIpc) is 2.52. The Hall–Kier alpha value is -2.42. The van der Waals surface area contributed by atoms with Crippen LogP contribution in [0, 0.1) is 6.92 Å². The summed E-state index contributed by atoms with van der Waals surface area (Å²) >= 11 is 0.992. The van der Waals surface area contributed by atoms with Crippen LogP contribution in [-0.4, -0.2) is 19.4 Å². The van der Waals surface area contributed by atoms with Crippen molar-refractivity contribution >= 4 is 17.4 Å². The van der Waals surface area contributed by atoms with Gasteiger partial charge in [0.05, 0.1) is 5.69 Å². The summed E-state index contributed by atoms with van der Waals surface area (Å²) < 4.78 is 39.3. The molecule has 0 fully saturated rings. The number of halogens is 3. The number of alkyl halides is 3. The Bertz CT molecular complexity index is 955. The predicted molar refractivity (Wildman–Crippen MR) is 82.8 cm³/mol. The van der Waals surface area contributed by atoms with Crippen molar-refractivity contribution in [3.63, 3.8) is 0 Å². The van der Waals surface area contributed by atoms with E-state index in [9.17, 15) is 18.0 Å². The Labute approximate surface area is 138 Å². The molecule has 24 heavy (non-hydrogen) atoms. The van der Waals surface area contributed by atoms with Gasteiger partial charge < -0.3 is 0 Å². The Morgan fingerprint density at radius 2 is 2.00 bits per heavy atom. The second-order valence-corrected chi connectivity index (χ2v) is 5.97. The van der Waals surface area contributed by atoms with Crippen LogP contribution in [0.25, 0.3) is 5.65 Å². The van der Waals surface area contributed by atoms with Crippen molar-refractivity contribution in [1.82, 2.24) is 19.4 Å². The Balaban J connectivity index is 1.85. The van der Waals surface area contributed by atoms with E-state index in [2.05, 4.69) is 15.0 Å². The van der Waals surface area contributed by atoms with Crippen molar-refractivity contribution in [2.45, 2.75) is 24.0 Å². The van der Waals surface area contributed by atoms with Crippen LogP contribution in [0.5, 0.6) is 0 Å². The van der Waals surface area contributed by atoms with Gasteiger partial charge in [0, 0.05) is 24.2 Å². The minimum absolute atomic E-state index is 0.0175. The SMILES string of the molecule is Cc1ccn2c(=O)cc(CSc3nccc(C(F)(F)F)n3)nc2c1. The molecule has 3 aromatic heterocycles. The molecular weight excluding hydrogens is 341 g/mol. The van der Waals surface area contributed by atoms with Crippen LogP contribution < -0.4 is 5.56 Å². The molecule has 3 rings (SSSR count). The van der Waals surface area contributed by atoms with Crippen molar-refractivity contribution in [2.75, 3.05) is 0 Å². The molecule has 0 aliphatic heterocycles. The maximum Gasteiger partial charge on any atom is 0.433 e. The van der Waals surface area contributed by atoms with E-state index in [4.69, 9.17) is 0 Å². The van der Waals surface area contributed by atoms with Gasteiger partial charge in [-0.25, -0.2) is 15.0 Å². The summed E-state index contributed by atoms with van der Waals surface area (Å²) in [5.41, 5.74) is 0.648. The fourth-order valence-electron chi connectivity index (χ4n) is 2.03. The van der Waals surface area contributed by atoms with Gasteiger partial charge in [-0.1, -0.05) is 11.8 Å². The normalized spacial score (nSPS) is 11.8. The molecule has 0 unspecified atom stereocenters. The highest BCUT2D eigenvalue weighted by Crippen LogP contribution is 2.28. The van der Waals surface area contributed by atoms with Crippen molar-refractivity contribution in [3.8, 4) is 0 Å². The van der Waals surface area contributed by atoms with E-state index in [0.717, 1.165) is 29.6 Å². The van der Waals surface area contributed by atoms with Gasteiger partial charge in [-0.2, -0.15) is 13.2 Å². The third kappa shape index (κ3) is 3.56. The minimum Gasteiger partial charge on any atom is -0.269 e. The lowest BCUT2D eigenvalue weighted by Crippen LogP contribution is -2.15. The molecule has 9 heteroatoms. The number of thioether (sulfide) groups is 1. The van der Waals surface area contributed by atoms with Gasteiger partial charge >= 0.3 is 6.18 Å². The number of aromatic nitrogens is 4. The maximum absolute atomic E-state index is 12.6. The molecule has 0 spiro atoms. The number of hydrogen-bond donors (Lipinski definition) is 0. The number of aryl methyl sites for hydroxylation is 1. The van der Waals surface area contributed by atoms with Crippen LogP contribution in [0.4, 0.5) is 13.2 Å². The Kier molecular flexibility index (Phi) is 4.27. The second-order valence-electron chi connectivity index (χ2n) is 5.03. The lowest BCUT2D eigenvalue weighted by molar-refractivity contribution is -0.141. The van der Waals surface area contributed by atoms with Crippen LogP contribution in [0.2, 0.25) is 0 Å². The van der Waals surface area contributed by atoms with Gasteiger partial charge in [0.25, 0.3) is 5.56 Å². The number of rotatable bonds is 3. The summed E-state index contributed by atoms with van der Waals surface area (Å²) in [5.74, 6) is 0.195. The van der Waals surface area contributed by atoms with E-state index in [1.165, 1.54) is 10.5 Å². The zero-order chi connectivity index (χ0) is 17.3.